The highest BCUT2D eigenvalue weighted by molar-refractivity contribution is 5.87. The summed E-state index contributed by atoms with van der Waals surface area (Å²) in [6.45, 7) is 8.89. The van der Waals surface area contributed by atoms with Gasteiger partial charge in [-0.05, 0) is 5.41 Å². The van der Waals surface area contributed by atoms with Crippen molar-refractivity contribution >= 4 is 18.4 Å². The van der Waals surface area contributed by atoms with Crippen LogP contribution in [0.25, 0.3) is 0 Å². The van der Waals surface area contributed by atoms with E-state index in [-0.39, 0.29) is 23.4 Å². The molecule has 0 aliphatic carbocycles. The molecule has 0 aliphatic heterocycles. The van der Waals surface area contributed by atoms with Gasteiger partial charge in [-0.25, -0.2) is 4.79 Å². The molecule has 10 heavy (non-hydrogen) atoms. The first-order chi connectivity index (χ1) is 3.85. The Morgan fingerprint density at radius 3 is 1.70 bits per heavy atom. The normalized spacial score (nSPS) is 9.90. The Hall–Kier alpha value is -0.500. The van der Waals surface area contributed by atoms with Gasteiger partial charge >= 0.3 is 5.97 Å². The zero-order chi connectivity index (χ0) is 7.65. The van der Waals surface area contributed by atoms with Gasteiger partial charge in [-0.3, -0.25) is 0 Å². The molecule has 0 amide bonds. The molecule has 3 heteroatoms. The van der Waals surface area contributed by atoms with E-state index in [0.29, 0.717) is 0 Å². The minimum atomic E-state index is -0.914. The lowest BCUT2D eigenvalue weighted by atomic mass is 9.88. The molecule has 0 radical (unpaired) electrons. The van der Waals surface area contributed by atoms with Gasteiger partial charge < -0.3 is 5.11 Å². The van der Waals surface area contributed by atoms with Crippen LogP contribution < -0.4 is 0 Å². The molecule has 0 saturated carbocycles. The molecule has 0 aromatic heterocycles. The Morgan fingerprint density at radius 2 is 1.70 bits per heavy atom. The van der Waals surface area contributed by atoms with E-state index in [2.05, 4.69) is 6.58 Å². The van der Waals surface area contributed by atoms with Gasteiger partial charge in [0.1, 0.15) is 0 Å². The standard InChI is InChI=1S/C7H12O2.ClH/c1-5(6(8)9)7(2,3)4;/h1H2,2-4H3,(H,8,9);1H. The first-order valence-electron chi connectivity index (χ1n) is 2.78. The van der Waals surface area contributed by atoms with Crippen molar-refractivity contribution in [2.75, 3.05) is 0 Å². The average molecular weight is 165 g/mol. The third-order valence-electron chi connectivity index (χ3n) is 1.16. The molecule has 0 unspecified atom stereocenters. The average Bonchev–Trinajstić information content (AvgIpc) is 1.62. The van der Waals surface area contributed by atoms with Crippen LogP contribution in [0.15, 0.2) is 12.2 Å². The van der Waals surface area contributed by atoms with Crippen LogP contribution in [-0.2, 0) is 4.79 Å². The number of carbonyl (C=O) groups is 1. The van der Waals surface area contributed by atoms with Gasteiger partial charge in [0.25, 0.3) is 0 Å². The highest BCUT2D eigenvalue weighted by Gasteiger charge is 2.20. The van der Waals surface area contributed by atoms with E-state index in [9.17, 15) is 4.79 Å². The van der Waals surface area contributed by atoms with E-state index in [1.807, 2.05) is 20.8 Å². The quantitative estimate of drug-likeness (QED) is 0.603. The summed E-state index contributed by atoms with van der Waals surface area (Å²) < 4.78 is 0. The van der Waals surface area contributed by atoms with Crippen molar-refractivity contribution in [1.29, 1.82) is 0 Å². The van der Waals surface area contributed by atoms with Gasteiger partial charge in [0.05, 0.1) is 0 Å². The maximum Gasteiger partial charge on any atom is 0.331 e. The Bertz CT molecular complexity index is 144. The highest BCUT2D eigenvalue weighted by Crippen LogP contribution is 2.22. The molecule has 0 rings (SSSR count). The van der Waals surface area contributed by atoms with E-state index in [4.69, 9.17) is 5.11 Å². The zero-order valence-corrected chi connectivity index (χ0v) is 7.29. The van der Waals surface area contributed by atoms with Crippen LogP contribution in [0.3, 0.4) is 0 Å². The van der Waals surface area contributed by atoms with Crippen LogP contribution in [0.2, 0.25) is 0 Å². The SMILES string of the molecule is C=C(C(=O)O)C(C)(C)C.Cl. The van der Waals surface area contributed by atoms with Crippen molar-refractivity contribution in [3.8, 4) is 0 Å². The fraction of sp³-hybridized carbons (Fsp3) is 0.571. The summed E-state index contributed by atoms with van der Waals surface area (Å²) in [5.74, 6) is -0.914. The van der Waals surface area contributed by atoms with Crippen molar-refractivity contribution in [1.82, 2.24) is 0 Å². The van der Waals surface area contributed by atoms with Crippen molar-refractivity contribution in [2.24, 2.45) is 5.41 Å². The molecule has 0 aromatic rings. The maximum atomic E-state index is 10.2. The molecule has 2 nitrogen and oxygen atoms in total. The van der Waals surface area contributed by atoms with Crippen LogP contribution in [0.4, 0.5) is 0 Å². The Morgan fingerprint density at radius 1 is 1.40 bits per heavy atom. The summed E-state index contributed by atoms with van der Waals surface area (Å²) in [6, 6.07) is 0. The third-order valence-corrected chi connectivity index (χ3v) is 1.16. The zero-order valence-electron chi connectivity index (χ0n) is 6.47. The molecule has 0 fully saturated rings. The van der Waals surface area contributed by atoms with Crippen LogP contribution in [0.5, 0.6) is 0 Å². The summed E-state index contributed by atoms with van der Waals surface area (Å²) in [6.07, 6.45) is 0. The van der Waals surface area contributed by atoms with Gasteiger partial charge in [-0.15, -0.1) is 12.4 Å². The summed E-state index contributed by atoms with van der Waals surface area (Å²) >= 11 is 0. The largest absolute Gasteiger partial charge is 0.478 e. The van der Waals surface area contributed by atoms with Crippen LogP contribution in [0.1, 0.15) is 20.8 Å². The fourth-order valence-electron chi connectivity index (χ4n) is 0.321. The number of halogens is 1. The van der Waals surface area contributed by atoms with Crippen molar-refractivity contribution in [2.45, 2.75) is 20.8 Å². The molecule has 0 saturated heterocycles. The highest BCUT2D eigenvalue weighted by atomic mass is 35.5. The Labute approximate surface area is 67.3 Å². The van der Waals surface area contributed by atoms with Crippen LogP contribution in [0, 0.1) is 5.41 Å². The number of rotatable bonds is 1. The molecule has 0 spiro atoms. The molecule has 0 aromatic carbocycles. The first kappa shape index (κ1) is 12.2. The predicted octanol–water partition coefficient (Wildman–Crippen LogP) is 2.10. The van der Waals surface area contributed by atoms with Crippen molar-refractivity contribution in [3.05, 3.63) is 12.2 Å². The molecule has 1 N–H and O–H groups in total. The van der Waals surface area contributed by atoms with Gasteiger partial charge in [-0.2, -0.15) is 0 Å². The molecule has 0 aliphatic rings. The topological polar surface area (TPSA) is 37.3 Å². The molecule has 60 valence electrons. The smallest absolute Gasteiger partial charge is 0.331 e. The van der Waals surface area contributed by atoms with E-state index in [1.165, 1.54) is 0 Å². The minimum absolute atomic E-state index is 0. The lowest BCUT2D eigenvalue weighted by Gasteiger charge is -2.17. The fourth-order valence-corrected chi connectivity index (χ4v) is 0.321. The lowest BCUT2D eigenvalue weighted by Crippen LogP contribution is -2.15. The van der Waals surface area contributed by atoms with E-state index in [0.717, 1.165) is 0 Å². The van der Waals surface area contributed by atoms with Crippen molar-refractivity contribution < 1.29 is 9.90 Å². The number of carboxylic acid groups (broad SMARTS) is 1. The first-order valence-corrected chi connectivity index (χ1v) is 2.78. The van der Waals surface area contributed by atoms with Crippen LogP contribution in [-0.4, -0.2) is 11.1 Å². The monoisotopic (exact) mass is 164 g/mol. The van der Waals surface area contributed by atoms with Gasteiger partial charge in [0.2, 0.25) is 0 Å². The van der Waals surface area contributed by atoms with Crippen molar-refractivity contribution in [3.63, 3.8) is 0 Å². The second-order valence-corrected chi connectivity index (χ2v) is 3.03. The predicted molar refractivity (Wildman–Crippen MR) is 43.5 cm³/mol. The minimum Gasteiger partial charge on any atom is -0.478 e. The molecule has 0 atom stereocenters. The Kier molecular flexibility index (Phi) is 4.41. The number of aliphatic carboxylic acids is 1. The molecule has 0 bridgehead atoms. The second-order valence-electron chi connectivity index (χ2n) is 3.03. The molecular formula is C7H13ClO2. The molecule has 0 heterocycles. The van der Waals surface area contributed by atoms with Gasteiger partial charge in [0.15, 0.2) is 0 Å². The third kappa shape index (κ3) is 3.51. The molecular weight excluding hydrogens is 152 g/mol. The maximum absolute atomic E-state index is 10.2. The lowest BCUT2D eigenvalue weighted by molar-refractivity contribution is -0.133. The number of hydrogen-bond donors (Lipinski definition) is 1. The summed E-state index contributed by atoms with van der Waals surface area (Å²) in [5, 5.41) is 8.42. The summed E-state index contributed by atoms with van der Waals surface area (Å²) in [5.41, 5.74) is -0.0613. The number of carboxylic acids is 1. The van der Waals surface area contributed by atoms with E-state index >= 15 is 0 Å². The Balaban J connectivity index is 0. The van der Waals surface area contributed by atoms with Crippen LogP contribution >= 0.6 is 12.4 Å². The number of hydrogen-bond acceptors (Lipinski definition) is 1. The summed E-state index contributed by atoms with van der Waals surface area (Å²) in [7, 11) is 0. The van der Waals surface area contributed by atoms with Gasteiger partial charge in [0, 0.05) is 5.57 Å². The second kappa shape index (κ2) is 3.62. The summed E-state index contributed by atoms with van der Waals surface area (Å²) in [4.78, 5) is 10.2. The van der Waals surface area contributed by atoms with E-state index < -0.39 is 5.97 Å². The van der Waals surface area contributed by atoms with E-state index in [1.54, 1.807) is 0 Å². The van der Waals surface area contributed by atoms with Gasteiger partial charge in [-0.1, -0.05) is 27.4 Å².